The van der Waals surface area contributed by atoms with Crippen LogP contribution in [0, 0.1) is 11.3 Å². The molecule has 1 heterocycles. The van der Waals surface area contributed by atoms with Crippen LogP contribution in [0.2, 0.25) is 0 Å². The molecule has 1 saturated heterocycles. The summed E-state index contributed by atoms with van der Waals surface area (Å²) in [7, 11) is 6.73. The van der Waals surface area contributed by atoms with E-state index in [-0.39, 0.29) is 0 Å². The highest BCUT2D eigenvalue weighted by Gasteiger charge is 2.41. The van der Waals surface area contributed by atoms with E-state index in [9.17, 15) is 0 Å². The van der Waals surface area contributed by atoms with Crippen LogP contribution in [0.3, 0.4) is 0 Å². The third kappa shape index (κ3) is 3.50. The quantitative estimate of drug-likeness (QED) is 0.841. The van der Waals surface area contributed by atoms with Crippen molar-refractivity contribution in [2.45, 2.75) is 51.6 Å². The number of nitrogens with zero attached hydrogens (tertiary/aromatic N) is 2. The lowest BCUT2D eigenvalue weighted by Crippen LogP contribution is -2.49. The first-order valence-corrected chi connectivity index (χ1v) is 8.00. The maximum absolute atomic E-state index is 3.58. The molecule has 0 radical (unpaired) electrons. The van der Waals surface area contributed by atoms with Crippen LogP contribution in [-0.4, -0.2) is 62.7 Å². The van der Waals surface area contributed by atoms with Gasteiger partial charge in [-0.2, -0.15) is 0 Å². The molecular formula is C16H33N3. The summed E-state index contributed by atoms with van der Waals surface area (Å²) in [5, 5.41) is 3.58. The van der Waals surface area contributed by atoms with E-state index in [1.807, 2.05) is 0 Å². The Labute approximate surface area is 119 Å². The van der Waals surface area contributed by atoms with Crippen molar-refractivity contribution in [3.05, 3.63) is 0 Å². The van der Waals surface area contributed by atoms with Gasteiger partial charge in [-0.15, -0.1) is 0 Å². The normalized spacial score (nSPS) is 36.0. The number of likely N-dealkylation sites (tertiary alicyclic amines) is 1. The van der Waals surface area contributed by atoms with Gasteiger partial charge in [0.1, 0.15) is 0 Å². The van der Waals surface area contributed by atoms with E-state index in [0.29, 0.717) is 11.5 Å². The van der Waals surface area contributed by atoms with Gasteiger partial charge in [0.15, 0.2) is 0 Å². The van der Waals surface area contributed by atoms with Gasteiger partial charge in [-0.3, -0.25) is 0 Å². The van der Waals surface area contributed by atoms with E-state index in [1.54, 1.807) is 0 Å². The minimum atomic E-state index is 0.462. The molecule has 1 aliphatic heterocycles. The lowest BCUT2D eigenvalue weighted by atomic mass is 9.84. The molecule has 112 valence electrons. The highest BCUT2D eigenvalue weighted by Crippen LogP contribution is 2.41. The highest BCUT2D eigenvalue weighted by atomic mass is 15.2. The molecule has 0 bridgehead atoms. The monoisotopic (exact) mass is 267 g/mol. The van der Waals surface area contributed by atoms with Crippen molar-refractivity contribution < 1.29 is 0 Å². The van der Waals surface area contributed by atoms with Crippen LogP contribution in [0.5, 0.6) is 0 Å². The molecule has 3 unspecified atom stereocenters. The number of hydrogen-bond donors (Lipinski definition) is 1. The Hall–Kier alpha value is -0.120. The molecular weight excluding hydrogens is 234 g/mol. The van der Waals surface area contributed by atoms with Crippen LogP contribution in [0.25, 0.3) is 0 Å². The summed E-state index contributed by atoms with van der Waals surface area (Å²) < 4.78 is 0. The summed E-state index contributed by atoms with van der Waals surface area (Å²) in [4.78, 5) is 5.12. The van der Waals surface area contributed by atoms with Gasteiger partial charge in [-0.1, -0.05) is 13.8 Å². The number of piperidine rings is 1. The van der Waals surface area contributed by atoms with Crippen molar-refractivity contribution in [2.24, 2.45) is 11.3 Å². The maximum atomic E-state index is 3.58. The van der Waals surface area contributed by atoms with E-state index in [1.165, 1.54) is 45.3 Å². The first kappa shape index (κ1) is 15.3. The van der Waals surface area contributed by atoms with Crippen LogP contribution in [0.15, 0.2) is 0 Å². The first-order valence-electron chi connectivity index (χ1n) is 8.00. The van der Waals surface area contributed by atoms with Gasteiger partial charge in [0.05, 0.1) is 0 Å². The Morgan fingerprint density at radius 3 is 2.68 bits per heavy atom. The molecule has 3 nitrogen and oxygen atoms in total. The Morgan fingerprint density at radius 1 is 1.32 bits per heavy atom. The molecule has 0 aromatic rings. The predicted molar refractivity (Wildman–Crippen MR) is 82.5 cm³/mol. The highest BCUT2D eigenvalue weighted by molar-refractivity contribution is 4.97. The van der Waals surface area contributed by atoms with Gasteiger partial charge < -0.3 is 15.1 Å². The Balaban J connectivity index is 1.90. The third-order valence-electron chi connectivity index (χ3n) is 5.53. The Kier molecular flexibility index (Phi) is 4.91. The van der Waals surface area contributed by atoms with Crippen molar-refractivity contribution in [3.8, 4) is 0 Å². The van der Waals surface area contributed by atoms with Crippen LogP contribution in [-0.2, 0) is 0 Å². The summed E-state index contributed by atoms with van der Waals surface area (Å²) in [6.45, 7) is 8.62. The molecule has 2 rings (SSSR count). The second-order valence-electron chi connectivity index (χ2n) is 7.55. The second kappa shape index (κ2) is 6.11. The fourth-order valence-corrected chi connectivity index (χ4v) is 4.36. The average molecular weight is 267 g/mol. The van der Waals surface area contributed by atoms with Crippen molar-refractivity contribution in [1.29, 1.82) is 0 Å². The topological polar surface area (TPSA) is 18.5 Å². The molecule has 1 saturated carbocycles. The molecule has 0 aromatic heterocycles. The molecule has 3 atom stereocenters. The minimum absolute atomic E-state index is 0.462. The van der Waals surface area contributed by atoms with Crippen LogP contribution in [0.1, 0.15) is 39.5 Å². The number of likely N-dealkylation sites (N-methyl/N-ethyl adjacent to an activating group) is 2. The van der Waals surface area contributed by atoms with E-state index >= 15 is 0 Å². The maximum Gasteiger partial charge on any atom is 0.0220 e. The van der Waals surface area contributed by atoms with Gasteiger partial charge in [-0.05, 0) is 64.7 Å². The fraction of sp³-hybridized carbons (Fsp3) is 1.00. The van der Waals surface area contributed by atoms with Crippen molar-refractivity contribution in [3.63, 3.8) is 0 Å². The summed E-state index contributed by atoms with van der Waals surface area (Å²) in [5.74, 6) is 0.817. The predicted octanol–water partition coefficient (Wildman–Crippen LogP) is 2.04. The molecule has 1 N–H and O–H groups in total. The summed E-state index contributed by atoms with van der Waals surface area (Å²) >= 11 is 0. The summed E-state index contributed by atoms with van der Waals surface area (Å²) in [6, 6.07) is 1.44. The smallest absolute Gasteiger partial charge is 0.0220 e. The van der Waals surface area contributed by atoms with Gasteiger partial charge in [0, 0.05) is 25.2 Å². The zero-order chi connectivity index (χ0) is 14.0. The molecule has 2 fully saturated rings. The minimum Gasteiger partial charge on any atom is -0.316 e. The van der Waals surface area contributed by atoms with E-state index < -0.39 is 0 Å². The van der Waals surface area contributed by atoms with Gasteiger partial charge in [-0.25, -0.2) is 0 Å². The first-order chi connectivity index (χ1) is 8.94. The van der Waals surface area contributed by atoms with Crippen molar-refractivity contribution in [2.75, 3.05) is 40.8 Å². The standard InChI is InChI=1S/C16H33N3/c1-16(2)9-8-13(15(16)17-3)11-19(5)14-7-6-10-18(4)12-14/h13-15,17H,6-12H2,1-5H3. The average Bonchev–Trinajstić information content (AvgIpc) is 2.64. The SMILES string of the molecule is CNC1C(CN(C)C2CCCN(C)C2)CCC1(C)C. The molecule has 0 amide bonds. The van der Waals surface area contributed by atoms with Gasteiger partial charge >= 0.3 is 0 Å². The number of rotatable bonds is 4. The lowest BCUT2D eigenvalue weighted by Gasteiger charge is -2.39. The zero-order valence-electron chi connectivity index (χ0n) is 13.6. The van der Waals surface area contributed by atoms with Crippen LogP contribution in [0.4, 0.5) is 0 Å². The molecule has 0 aromatic carbocycles. The number of hydrogen-bond acceptors (Lipinski definition) is 3. The molecule has 0 spiro atoms. The summed E-state index contributed by atoms with van der Waals surface area (Å²) in [5.41, 5.74) is 0.462. The zero-order valence-corrected chi connectivity index (χ0v) is 13.6. The molecule has 3 heteroatoms. The van der Waals surface area contributed by atoms with E-state index in [4.69, 9.17) is 0 Å². The van der Waals surface area contributed by atoms with E-state index in [2.05, 4.69) is 50.1 Å². The summed E-state index contributed by atoms with van der Waals surface area (Å²) in [6.07, 6.45) is 5.48. The second-order valence-corrected chi connectivity index (χ2v) is 7.55. The fourth-order valence-electron chi connectivity index (χ4n) is 4.36. The van der Waals surface area contributed by atoms with Crippen molar-refractivity contribution in [1.82, 2.24) is 15.1 Å². The molecule has 19 heavy (non-hydrogen) atoms. The third-order valence-corrected chi connectivity index (χ3v) is 5.53. The van der Waals surface area contributed by atoms with Gasteiger partial charge in [0.2, 0.25) is 0 Å². The Bertz CT molecular complexity index is 290. The lowest BCUT2D eigenvalue weighted by molar-refractivity contribution is 0.111. The van der Waals surface area contributed by atoms with Crippen molar-refractivity contribution >= 4 is 0 Å². The number of nitrogens with one attached hydrogen (secondary N) is 1. The van der Waals surface area contributed by atoms with E-state index in [0.717, 1.165) is 12.0 Å². The Morgan fingerprint density at radius 2 is 2.05 bits per heavy atom. The van der Waals surface area contributed by atoms with Gasteiger partial charge in [0.25, 0.3) is 0 Å². The van der Waals surface area contributed by atoms with Crippen LogP contribution < -0.4 is 5.32 Å². The molecule has 2 aliphatic rings. The van der Waals surface area contributed by atoms with Crippen LogP contribution >= 0.6 is 0 Å². The largest absolute Gasteiger partial charge is 0.316 e. The molecule has 1 aliphatic carbocycles.